The molecule has 21 heavy (non-hydrogen) atoms. The summed E-state index contributed by atoms with van der Waals surface area (Å²) < 4.78 is 5.25. The smallest absolute Gasteiger partial charge is 0.120 e. The molecule has 1 unspecified atom stereocenters. The molecule has 2 rings (SSSR count). The van der Waals surface area contributed by atoms with Crippen LogP contribution in [0.2, 0.25) is 5.02 Å². The first-order chi connectivity index (χ1) is 10.1. The molecule has 0 aliphatic rings. The zero-order valence-electron chi connectivity index (χ0n) is 12.4. The highest BCUT2D eigenvalue weighted by molar-refractivity contribution is 6.30. The van der Waals surface area contributed by atoms with Crippen molar-refractivity contribution >= 4 is 17.3 Å². The fourth-order valence-corrected chi connectivity index (χ4v) is 2.41. The average molecular weight is 305 g/mol. The van der Waals surface area contributed by atoms with Gasteiger partial charge < -0.3 is 15.4 Å². The molecule has 0 fully saturated rings. The van der Waals surface area contributed by atoms with E-state index >= 15 is 0 Å². The lowest BCUT2D eigenvalue weighted by atomic mass is 10.0. The van der Waals surface area contributed by atoms with Crippen molar-refractivity contribution in [1.82, 2.24) is 0 Å². The molecule has 112 valence electrons. The number of anilines is 1. The fourth-order valence-electron chi connectivity index (χ4n) is 2.21. The SMILES string of the molecule is COc1cccc(N(C)CCC(N)c2cccc(Cl)c2)c1. The van der Waals surface area contributed by atoms with Crippen molar-refractivity contribution < 1.29 is 4.74 Å². The second kappa shape index (κ2) is 7.34. The maximum Gasteiger partial charge on any atom is 0.120 e. The maximum atomic E-state index is 6.24. The van der Waals surface area contributed by atoms with Crippen molar-refractivity contribution in [2.24, 2.45) is 5.73 Å². The van der Waals surface area contributed by atoms with Gasteiger partial charge in [-0.25, -0.2) is 0 Å². The number of hydrogen-bond acceptors (Lipinski definition) is 3. The van der Waals surface area contributed by atoms with Crippen LogP contribution in [0.4, 0.5) is 5.69 Å². The standard InChI is InChI=1S/C17H21ClN2O/c1-20(15-7-4-8-16(12-15)21-2)10-9-17(19)13-5-3-6-14(18)11-13/h3-8,11-12,17H,9-10,19H2,1-2H3. The fraction of sp³-hybridized carbons (Fsp3) is 0.294. The molecule has 4 heteroatoms. The summed E-state index contributed by atoms with van der Waals surface area (Å²) in [6, 6.07) is 15.7. The third-order valence-electron chi connectivity index (χ3n) is 3.55. The number of ether oxygens (including phenoxy) is 1. The lowest BCUT2D eigenvalue weighted by Gasteiger charge is -2.22. The number of rotatable bonds is 6. The highest BCUT2D eigenvalue weighted by atomic mass is 35.5. The van der Waals surface area contributed by atoms with Gasteiger partial charge in [0.15, 0.2) is 0 Å². The van der Waals surface area contributed by atoms with Gasteiger partial charge in [-0.05, 0) is 36.2 Å². The van der Waals surface area contributed by atoms with Crippen molar-refractivity contribution in [3.63, 3.8) is 0 Å². The van der Waals surface area contributed by atoms with Crippen LogP contribution < -0.4 is 15.4 Å². The molecule has 1 atom stereocenters. The molecule has 2 aromatic carbocycles. The summed E-state index contributed by atoms with van der Waals surface area (Å²) in [6.45, 7) is 0.862. The molecule has 0 heterocycles. The third-order valence-corrected chi connectivity index (χ3v) is 3.78. The minimum Gasteiger partial charge on any atom is -0.497 e. The Morgan fingerprint density at radius 1 is 1.19 bits per heavy atom. The number of methoxy groups -OCH3 is 1. The predicted molar refractivity (Wildman–Crippen MR) is 89.3 cm³/mol. The number of nitrogens with zero attached hydrogens (tertiary/aromatic N) is 1. The molecule has 0 amide bonds. The topological polar surface area (TPSA) is 38.5 Å². The molecule has 0 saturated carbocycles. The van der Waals surface area contributed by atoms with Gasteiger partial charge in [-0.2, -0.15) is 0 Å². The Morgan fingerprint density at radius 2 is 1.95 bits per heavy atom. The van der Waals surface area contributed by atoms with Crippen LogP contribution in [0.5, 0.6) is 5.75 Å². The molecule has 0 aliphatic heterocycles. The summed E-state index contributed by atoms with van der Waals surface area (Å²) in [4.78, 5) is 2.17. The minimum atomic E-state index is -0.0169. The maximum absolute atomic E-state index is 6.24. The first-order valence-corrected chi connectivity index (χ1v) is 7.34. The summed E-state index contributed by atoms with van der Waals surface area (Å²) in [6.07, 6.45) is 0.855. The van der Waals surface area contributed by atoms with Gasteiger partial charge >= 0.3 is 0 Å². The van der Waals surface area contributed by atoms with E-state index in [4.69, 9.17) is 22.1 Å². The number of nitrogens with two attached hydrogens (primary N) is 1. The molecule has 2 N–H and O–H groups in total. The van der Waals surface area contributed by atoms with Gasteiger partial charge in [0.05, 0.1) is 7.11 Å². The highest BCUT2D eigenvalue weighted by Crippen LogP contribution is 2.22. The summed E-state index contributed by atoms with van der Waals surface area (Å²) >= 11 is 6.00. The Morgan fingerprint density at radius 3 is 2.67 bits per heavy atom. The largest absolute Gasteiger partial charge is 0.497 e. The first kappa shape index (κ1) is 15.7. The number of halogens is 1. The molecule has 0 bridgehead atoms. The quantitative estimate of drug-likeness (QED) is 0.880. The molecule has 0 aromatic heterocycles. The minimum absolute atomic E-state index is 0.0169. The van der Waals surface area contributed by atoms with Crippen LogP contribution in [0.1, 0.15) is 18.0 Å². The van der Waals surface area contributed by atoms with E-state index in [1.165, 1.54) is 0 Å². The van der Waals surface area contributed by atoms with Gasteiger partial charge in [0.2, 0.25) is 0 Å². The normalized spacial score (nSPS) is 12.0. The van der Waals surface area contributed by atoms with E-state index in [1.807, 2.05) is 42.5 Å². The lowest BCUT2D eigenvalue weighted by Crippen LogP contribution is -2.23. The Kier molecular flexibility index (Phi) is 5.48. The van der Waals surface area contributed by atoms with Crippen LogP contribution in [0, 0.1) is 0 Å². The summed E-state index contributed by atoms with van der Waals surface area (Å²) in [7, 11) is 3.73. The summed E-state index contributed by atoms with van der Waals surface area (Å²) in [5.74, 6) is 0.860. The van der Waals surface area contributed by atoms with Crippen molar-refractivity contribution in [1.29, 1.82) is 0 Å². The molecular formula is C17H21ClN2O. The van der Waals surface area contributed by atoms with Crippen LogP contribution in [0.3, 0.4) is 0 Å². The highest BCUT2D eigenvalue weighted by Gasteiger charge is 2.09. The van der Waals surface area contributed by atoms with Gasteiger partial charge in [0.1, 0.15) is 5.75 Å². The van der Waals surface area contributed by atoms with Crippen molar-refractivity contribution in [2.45, 2.75) is 12.5 Å². The Balaban J connectivity index is 1.95. The van der Waals surface area contributed by atoms with E-state index in [0.29, 0.717) is 0 Å². The van der Waals surface area contributed by atoms with Gasteiger partial charge in [-0.3, -0.25) is 0 Å². The molecular weight excluding hydrogens is 284 g/mol. The van der Waals surface area contributed by atoms with E-state index < -0.39 is 0 Å². The Labute approximate surface area is 131 Å². The lowest BCUT2D eigenvalue weighted by molar-refractivity contribution is 0.415. The monoisotopic (exact) mass is 304 g/mol. The molecule has 0 radical (unpaired) electrons. The molecule has 2 aromatic rings. The van der Waals surface area contributed by atoms with E-state index in [-0.39, 0.29) is 6.04 Å². The third kappa shape index (κ3) is 4.38. The average Bonchev–Trinajstić information content (AvgIpc) is 2.52. The molecule has 3 nitrogen and oxygen atoms in total. The van der Waals surface area contributed by atoms with Crippen LogP contribution in [-0.4, -0.2) is 20.7 Å². The number of hydrogen-bond donors (Lipinski definition) is 1. The Bertz CT molecular complexity index is 589. The van der Waals surface area contributed by atoms with Gasteiger partial charge in [-0.1, -0.05) is 29.8 Å². The van der Waals surface area contributed by atoms with Crippen molar-refractivity contribution in [3.05, 3.63) is 59.1 Å². The van der Waals surface area contributed by atoms with E-state index in [2.05, 4.69) is 18.0 Å². The van der Waals surface area contributed by atoms with Crippen LogP contribution in [0.25, 0.3) is 0 Å². The molecule has 0 aliphatic carbocycles. The summed E-state index contributed by atoms with van der Waals surface area (Å²) in [5, 5.41) is 0.726. The van der Waals surface area contributed by atoms with E-state index in [0.717, 1.165) is 35.0 Å². The van der Waals surface area contributed by atoms with E-state index in [1.54, 1.807) is 7.11 Å². The van der Waals surface area contributed by atoms with Crippen LogP contribution in [-0.2, 0) is 0 Å². The molecule has 0 spiro atoms. The van der Waals surface area contributed by atoms with Crippen LogP contribution in [0.15, 0.2) is 48.5 Å². The second-order valence-electron chi connectivity index (χ2n) is 5.07. The predicted octanol–water partition coefficient (Wildman–Crippen LogP) is 3.87. The van der Waals surface area contributed by atoms with Crippen molar-refractivity contribution in [2.75, 3.05) is 25.6 Å². The van der Waals surface area contributed by atoms with E-state index in [9.17, 15) is 0 Å². The van der Waals surface area contributed by atoms with Crippen molar-refractivity contribution in [3.8, 4) is 5.75 Å². The molecule has 0 saturated heterocycles. The van der Waals surface area contributed by atoms with Gasteiger partial charge in [0, 0.05) is 36.4 Å². The second-order valence-corrected chi connectivity index (χ2v) is 5.51. The zero-order chi connectivity index (χ0) is 15.2. The van der Waals surface area contributed by atoms with Gasteiger partial charge in [-0.15, -0.1) is 0 Å². The summed E-state index contributed by atoms with van der Waals surface area (Å²) in [5.41, 5.74) is 8.43. The number of benzene rings is 2. The zero-order valence-corrected chi connectivity index (χ0v) is 13.2. The van der Waals surface area contributed by atoms with Crippen LogP contribution >= 0.6 is 11.6 Å². The Hall–Kier alpha value is -1.71. The first-order valence-electron chi connectivity index (χ1n) is 6.96. The van der Waals surface area contributed by atoms with Gasteiger partial charge in [0.25, 0.3) is 0 Å².